The van der Waals surface area contributed by atoms with Gasteiger partial charge in [0.15, 0.2) is 0 Å². The molecule has 6 heteroatoms. The predicted octanol–water partition coefficient (Wildman–Crippen LogP) is 2.64. The van der Waals surface area contributed by atoms with Crippen LogP contribution < -0.4 is 5.73 Å². The summed E-state index contributed by atoms with van der Waals surface area (Å²) in [5, 5.41) is 8.38. The van der Waals surface area contributed by atoms with Crippen LogP contribution in [0.25, 0.3) is 0 Å². The van der Waals surface area contributed by atoms with Crippen LogP contribution in [0.4, 0.5) is 0 Å². The normalized spacial score (nSPS) is 16.1. The SMILES string of the molecule is Cc1ccc(C)c(C(=O)N2CCC(Cn3cc(C(C)(C)N)nn3)CC2)c1. The predicted molar refractivity (Wildman–Crippen MR) is 102 cm³/mol. The van der Waals surface area contributed by atoms with E-state index in [0.29, 0.717) is 5.92 Å². The molecule has 0 spiro atoms. The standard InChI is InChI=1S/C20H29N5O/c1-14-5-6-15(2)17(11-14)19(26)24-9-7-16(8-10-24)12-25-13-18(22-23-25)20(3,4)21/h5-6,11,13,16H,7-10,12,21H2,1-4H3. The van der Waals surface area contributed by atoms with Gasteiger partial charge in [-0.1, -0.05) is 22.9 Å². The molecule has 2 N–H and O–H groups in total. The van der Waals surface area contributed by atoms with E-state index in [2.05, 4.69) is 10.3 Å². The van der Waals surface area contributed by atoms with Crippen molar-refractivity contribution in [3.8, 4) is 0 Å². The lowest BCUT2D eigenvalue weighted by Crippen LogP contribution is -2.39. The molecule has 0 bridgehead atoms. The van der Waals surface area contributed by atoms with Crippen LogP contribution >= 0.6 is 0 Å². The van der Waals surface area contributed by atoms with Gasteiger partial charge in [0.25, 0.3) is 5.91 Å². The number of piperidine rings is 1. The molecule has 1 amide bonds. The fourth-order valence-corrected chi connectivity index (χ4v) is 3.40. The summed E-state index contributed by atoms with van der Waals surface area (Å²) in [5.74, 6) is 0.658. The first-order valence-electron chi connectivity index (χ1n) is 9.30. The zero-order valence-corrected chi connectivity index (χ0v) is 16.2. The van der Waals surface area contributed by atoms with Crippen molar-refractivity contribution in [1.82, 2.24) is 19.9 Å². The van der Waals surface area contributed by atoms with Gasteiger partial charge in [-0.05, 0) is 58.1 Å². The van der Waals surface area contributed by atoms with Crippen LogP contribution in [0.5, 0.6) is 0 Å². The molecule has 1 aliphatic heterocycles. The molecule has 1 saturated heterocycles. The van der Waals surface area contributed by atoms with Crippen molar-refractivity contribution in [2.45, 2.75) is 52.6 Å². The van der Waals surface area contributed by atoms with Crippen molar-refractivity contribution in [2.75, 3.05) is 13.1 Å². The highest BCUT2D eigenvalue weighted by atomic mass is 16.2. The third kappa shape index (κ3) is 4.12. The molecule has 140 valence electrons. The maximum absolute atomic E-state index is 12.8. The average molecular weight is 355 g/mol. The lowest BCUT2D eigenvalue weighted by atomic mass is 9.95. The van der Waals surface area contributed by atoms with Crippen LogP contribution in [0, 0.1) is 19.8 Å². The Morgan fingerprint density at radius 2 is 1.96 bits per heavy atom. The number of carbonyl (C=O) groups excluding carboxylic acids is 1. The van der Waals surface area contributed by atoms with Gasteiger partial charge in [-0.15, -0.1) is 5.10 Å². The highest BCUT2D eigenvalue weighted by Gasteiger charge is 2.26. The topological polar surface area (TPSA) is 77.0 Å². The second-order valence-electron chi connectivity index (χ2n) is 8.10. The molecule has 0 aliphatic carbocycles. The molecule has 1 fully saturated rings. The Morgan fingerprint density at radius 1 is 1.27 bits per heavy atom. The highest BCUT2D eigenvalue weighted by molar-refractivity contribution is 5.95. The van der Waals surface area contributed by atoms with Crippen LogP contribution in [0.15, 0.2) is 24.4 Å². The first-order chi connectivity index (χ1) is 12.2. The van der Waals surface area contributed by atoms with Crippen molar-refractivity contribution in [3.05, 3.63) is 46.8 Å². The summed E-state index contributed by atoms with van der Waals surface area (Å²) in [5.41, 5.74) is 9.40. The number of nitrogens with two attached hydrogens (primary N) is 1. The summed E-state index contributed by atoms with van der Waals surface area (Å²) in [6, 6.07) is 6.07. The number of hydrogen-bond donors (Lipinski definition) is 1. The van der Waals surface area contributed by atoms with E-state index in [4.69, 9.17) is 5.73 Å². The number of hydrogen-bond acceptors (Lipinski definition) is 4. The molecule has 2 heterocycles. The van der Waals surface area contributed by atoms with Crippen molar-refractivity contribution in [3.63, 3.8) is 0 Å². The number of amides is 1. The summed E-state index contributed by atoms with van der Waals surface area (Å²) in [7, 11) is 0. The average Bonchev–Trinajstić information content (AvgIpc) is 3.06. The Bertz CT molecular complexity index is 782. The number of carbonyl (C=O) groups is 1. The first-order valence-corrected chi connectivity index (χ1v) is 9.30. The summed E-state index contributed by atoms with van der Waals surface area (Å²) in [6.45, 7) is 10.3. The Balaban J connectivity index is 1.58. The van der Waals surface area contributed by atoms with E-state index in [1.54, 1.807) is 0 Å². The highest BCUT2D eigenvalue weighted by Crippen LogP contribution is 2.22. The van der Waals surface area contributed by atoms with Crippen molar-refractivity contribution < 1.29 is 4.79 Å². The zero-order chi connectivity index (χ0) is 18.9. The quantitative estimate of drug-likeness (QED) is 0.915. The molecular formula is C20H29N5O. The van der Waals surface area contributed by atoms with Crippen LogP contribution in [0.1, 0.15) is 53.9 Å². The van der Waals surface area contributed by atoms with Crippen molar-refractivity contribution in [2.24, 2.45) is 11.7 Å². The van der Waals surface area contributed by atoms with E-state index < -0.39 is 5.54 Å². The number of rotatable bonds is 4. The minimum atomic E-state index is -0.473. The van der Waals surface area contributed by atoms with Gasteiger partial charge in [-0.3, -0.25) is 9.48 Å². The van der Waals surface area contributed by atoms with Gasteiger partial charge in [0.1, 0.15) is 5.69 Å². The summed E-state index contributed by atoms with van der Waals surface area (Å²) < 4.78 is 1.89. The molecular weight excluding hydrogens is 326 g/mol. The second kappa shape index (κ2) is 7.19. The van der Waals surface area contributed by atoms with Gasteiger partial charge >= 0.3 is 0 Å². The van der Waals surface area contributed by atoms with E-state index in [1.807, 2.05) is 61.7 Å². The maximum atomic E-state index is 12.8. The lowest BCUT2D eigenvalue weighted by Gasteiger charge is -2.32. The van der Waals surface area contributed by atoms with Crippen LogP contribution in [-0.4, -0.2) is 38.9 Å². The van der Waals surface area contributed by atoms with Crippen LogP contribution in [0.3, 0.4) is 0 Å². The molecule has 0 atom stereocenters. The number of benzene rings is 1. The Morgan fingerprint density at radius 3 is 2.58 bits per heavy atom. The molecule has 0 unspecified atom stereocenters. The van der Waals surface area contributed by atoms with Gasteiger partial charge in [0.2, 0.25) is 0 Å². The minimum absolute atomic E-state index is 0.151. The van der Waals surface area contributed by atoms with Gasteiger partial charge in [0.05, 0.1) is 11.7 Å². The van der Waals surface area contributed by atoms with Gasteiger partial charge < -0.3 is 10.6 Å². The molecule has 1 aromatic carbocycles. The lowest BCUT2D eigenvalue weighted by molar-refractivity contribution is 0.0680. The zero-order valence-electron chi connectivity index (χ0n) is 16.2. The van der Waals surface area contributed by atoms with Crippen LogP contribution in [-0.2, 0) is 12.1 Å². The Hall–Kier alpha value is -2.21. The van der Waals surface area contributed by atoms with Gasteiger partial charge in [-0.2, -0.15) is 0 Å². The second-order valence-corrected chi connectivity index (χ2v) is 8.10. The van der Waals surface area contributed by atoms with E-state index in [9.17, 15) is 4.79 Å². The monoisotopic (exact) mass is 355 g/mol. The largest absolute Gasteiger partial charge is 0.339 e. The molecule has 2 aromatic rings. The number of aryl methyl sites for hydroxylation is 2. The molecule has 1 aliphatic rings. The first kappa shape index (κ1) is 18.6. The van der Waals surface area contributed by atoms with Crippen molar-refractivity contribution >= 4 is 5.91 Å². The van der Waals surface area contributed by atoms with Gasteiger partial charge in [-0.25, -0.2) is 0 Å². The maximum Gasteiger partial charge on any atom is 0.254 e. The van der Waals surface area contributed by atoms with Crippen LogP contribution in [0.2, 0.25) is 0 Å². The Labute approximate surface area is 155 Å². The van der Waals surface area contributed by atoms with Gasteiger partial charge in [0, 0.05) is 25.2 Å². The number of aromatic nitrogens is 3. The summed E-state index contributed by atoms with van der Waals surface area (Å²) >= 11 is 0. The molecule has 6 nitrogen and oxygen atoms in total. The number of nitrogens with zero attached hydrogens (tertiary/aromatic N) is 4. The van der Waals surface area contributed by atoms with Crippen molar-refractivity contribution in [1.29, 1.82) is 0 Å². The summed E-state index contributed by atoms with van der Waals surface area (Å²) in [6.07, 6.45) is 3.91. The molecule has 1 aromatic heterocycles. The molecule has 26 heavy (non-hydrogen) atoms. The molecule has 0 radical (unpaired) electrons. The third-order valence-electron chi connectivity index (χ3n) is 5.17. The molecule has 3 rings (SSSR count). The van der Waals surface area contributed by atoms with E-state index in [1.165, 1.54) is 0 Å². The number of likely N-dealkylation sites (tertiary alicyclic amines) is 1. The summed E-state index contributed by atoms with van der Waals surface area (Å²) in [4.78, 5) is 14.8. The third-order valence-corrected chi connectivity index (χ3v) is 5.17. The molecule has 0 saturated carbocycles. The van der Waals surface area contributed by atoms with E-state index in [0.717, 1.165) is 54.9 Å². The Kier molecular flexibility index (Phi) is 5.14. The van der Waals surface area contributed by atoms with E-state index in [-0.39, 0.29) is 5.91 Å². The fraction of sp³-hybridized carbons (Fsp3) is 0.550. The minimum Gasteiger partial charge on any atom is -0.339 e. The smallest absolute Gasteiger partial charge is 0.254 e. The fourth-order valence-electron chi connectivity index (χ4n) is 3.40. The van der Waals surface area contributed by atoms with E-state index >= 15 is 0 Å².